The van der Waals surface area contributed by atoms with Crippen LogP contribution in [-0.4, -0.2) is 13.7 Å². The van der Waals surface area contributed by atoms with Gasteiger partial charge in [-0.2, -0.15) is 0 Å². The number of hydrogen-bond acceptors (Lipinski definition) is 2. The minimum absolute atomic E-state index is 0. The molecule has 1 fully saturated rings. The van der Waals surface area contributed by atoms with E-state index in [0.29, 0.717) is 18.4 Å². The first-order valence-electron chi connectivity index (χ1n) is 6.87. The molecule has 4 heteroatoms. The Hall–Kier alpha value is -1.58. The van der Waals surface area contributed by atoms with E-state index in [1.165, 1.54) is 11.6 Å². The molecule has 0 saturated heterocycles. The number of hydrogen-bond donors (Lipinski definition) is 1. The van der Waals surface area contributed by atoms with Gasteiger partial charge in [0.25, 0.3) is 0 Å². The van der Waals surface area contributed by atoms with Crippen LogP contribution in [0, 0.1) is 11.7 Å². The summed E-state index contributed by atoms with van der Waals surface area (Å²) in [5, 5.41) is 0. The lowest BCUT2D eigenvalue weighted by molar-refractivity contribution is 0.409. The largest absolute Gasteiger partial charge is 0.496 e. The van der Waals surface area contributed by atoms with Crippen molar-refractivity contribution < 1.29 is 9.13 Å². The van der Waals surface area contributed by atoms with Crippen molar-refractivity contribution in [3.8, 4) is 16.9 Å². The second-order valence-electron chi connectivity index (χ2n) is 5.31. The van der Waals surface area contributed by atoms with Crippen LogP contribution in [0.15, 0.2) is 42.5 Å². The van der Waals surface area contributed by atoms with Crippen molar-refractivity contribution in [2.24, 2.45) is 11.7 Å². The number of halogens is 2. The molecule has 112 valence electrons. The Labute approximate surface area is 130 Å². The molecule has 21 heavy (non-hydrogen) atoms. The van der Waals surface area contributed by atoms with Crippen molar-refractivity contribution in [3.05, 3.63) is 53.8 Å². The molecule has 1 aliphatic rings. The van der Waals surface area contributed by atoms with Crippen molar-refractivity contribution in [1.29, 1.82) is 0 Å². The van der Waals surface area contributed by atoms with Gasteiger partial charge in [-0.1, -0.05) is 18.2 Å². The molecular formula is C17H19ClFNO. The summed E-state index contributed by atoms with van der Waals surface area (Å²) in [6.07, 6.45) is 1.11. The maximum absolute atomic E-state index is 13.3. The van der Waals surface area contributed by atoms with Gasteiger partial charge in [0, 0.05) is 0 Å². The van der Waals surface area contributed by atoms with Gasteiger partial charge in [0.1, 0.15) is 11.6 Å². The average molecular weight is 308 g/mol. The van der Waals surface area contributed by atoms with E-state index < -0.39 is 0 Å². The van der Waals surface area contributed by atoms with Crippen molar-refractivity contribution in [3.63, 3.8) is 0 Å². The Morgan fingerprint density at radius 2 is 1.95 bits per heavy atom. The molecule has 0 aromatic heterocycles. The number of methoxy groups -OCH3 is 1. The summed E-state index contributed by atoms with van der Waals surface area (Å²) in [4.78, 5) is 0. The van der Waals surface area contributed by atoms with E-state index in [0.717, 1.165) is 23.3 Å². The first-order chi connectivity index (χ1) is 9.72. The number of nitrogens with two attached hydrogens (primary N) is 1. The second kappa shape index (κ2) is 6.46. The summed E-state index contributed by atoms with van der Waals surface area (Å²) in [6, 6.07) is 12.7. The van der Waals surface area contributed by atoms with Crippen molar-refractivity contribution >= 4 is 12.4 Å². The zero-order valence-corrected chi connectivity index (χ0v) is 12.7. The lowest BCUT2D eigenvalue weighted by Crippen LogP contribution is -2.02. The second-order valence-corrected chi connectivity index (χ2v) is 5.31. The molecule has 2 nitrogen and oxygen atoms in total. The first kappa shape index (κ1) is 15.8. The molecule has 1 saturated carbocycles. The van der Waals surface area contributed by atoms with E-state index in [2.05, 4.69) is 6.07 Å². The Morgan fingerprint density at radius 3 is 2.57 bits per heavy atom. The zero-order valence-electron chi connectivity index (χ0n) is 11.9. The normalized spacial score (nSPS) is 19.8. The highest BCUT2D eigenvalue weighted by atomic mass is 35.5. The SMILES string of the molecule is COc1ccc(-c2cccc(F)c2)cc1[C@H]1C[C@@H]1CN.Cl. The molecule has 0 amide bonds. The van der Waals surface area contributed by atoms with Gasteiger partial charge >= 0.3 is 0 Å². The van der Waals surface area contributed by atoms with Gasteiger partial charge in [-0.05, 0) is 65.8 Å². The fourth-order valence-electron chi connectivity index (χ4n) is 2.76. The van der Waals surface area contributed by atoms with E-state index in [4.69, 9.17) is 10.5 Å². The Kier molecular flexibility index (Phi) is 4.86. The smallest absolute Gasteiger partial charge is 0.123 e. The van der Waals surface area contributed by atoms with Crippen molar-refractivity contribution in [2.75, 3.05) is 13.7 Å². The van der Waals surface area contributed by atoms with Crippen LogP contribution in [0.4, 0.5) is 4.39 Å². The zero-order chi connectivity index (χ0) is 14.1. The molecular weight excluding hydrogens is 289 g/mol. The summed E-state index contributed by atoms with van der Waals surface area (Å²) in [5.41, 5.74) is 8.82. The molecule has 0 aliphatic heterocycles. The highest BCUT2D eigenvalue weighted by Crippen LogP contribution is 2.50. The van der Waals surface area contributed by atoms with Crippen molar-refractivity contribution in [1.82, 2.24) is 0 Å². The van der Waals surface area contributed by atoms with Gasteiger partial charge in [-0.25, -0.2) is 4.39 Å². The third kappa shape index (κ3) is 3.20. The van der Waals surface area contributed by atoms with Gasteiger partial charge in [0.2, 0.25) is 0 Å². The summed E-state index contributed by atoms with van der Waals surface area (Å²) in [5.74, 6) is 1.70. The van der Waals surface area contributed by atoms with Crippen LogP contribution in [0.25, 0.3) is 11.1 Å². The fraction of sp³-hybridized carbons (Fsp3) is 0.294. The molecule has 2 aromatic rings. The summed E-state index contributed by atoms with van der Waals surface area (Å²) >= 11 is 0. The van der Waals surface area contributed by atoms with Crippen LogP contribution in [-0.2, 0) is 0 Å². The molecule has 2 atom stereocenters. The monoisotopic (exact) mass is 307 g/mol. The molecule has 0 bridgehead atoms. The molecule has 0 heterocycles. The van der Waals surface area contributed by atoms with Crippen LogP contribution in [0.1, 0.15) is 17.9 Å². The number of ether oxygens (including phenoxy) is 1. The minimum Gasteiger partial charge on any atom is -0.496 e. The van der Waals surface area contributed by atoms with Crippen LogP contribution in [0.5, 0.6) is 5.75 Å². The lowest BCUT2D eigenvalue weighted by Gasteiger charge is -2.11. The van der Waals surface area contributed by atoms with E-state index in [1.54, 1.807) is 19.2 Å². The Morgan fingerprint density at radius 1 is 1.19 bits per heavy atom. The molecule has 0 unspecified atom stereocenters. The third-order valence-corrected chi connectivity index (χ3v) is 4.01. The average Bonchev–Trinajstić information content (AvgIpc) is 3.26. The number of rotatable bonds is 4. The molecule has 0 radical (unpaired) electrons. The number of benzene rings is 2. The molecule has 2 N–H and O–H groups in total. The van der Waals surface area contributed by atoms with Gasteiger partial charge in [0.05, 0.1) is 7.11 Å². The first-order valence-corrected chi connectivity index (χ1v) is 6.87. The molecule has 3 rings (SSSR count). The molecule has 1 aliphatic carbocycles. The quantitative estimate of drug-likeness (QED) is 0.927. The lowest BCUT2D eigenvalue weighted by atomic mass is 9.99. The predicted molar refractivity (Wildman–Crippen MR) is 85.5 cm³/mol. The van der Waals surface area contributed by atoms with Gasteiger partial charge in [-0.15, -0.1) is 12.4 Å². The topological polar surface area (TPSA) is 35.2 Å². The third-order valence-electron chi connectivity index (χ3n) is 4.01. The van der Waals surface area contributed by atoms with Crippen LogP contribution >= 0.6 is 12.4 Å². The standard InChI is InChI=1S/C17H18FNO.ClH/c1-20-17-6-5-12(11-3-2-4-14(18)7-11)8-16(17)15-9-13(15)10-19;/h2-8,13,15H,9-10,19H2,1H3;1H/t13-,15+;/m1./s1. The van der Waals surface area contributed by atoms with Crippen molar-refractivity contribution in [2.45, 2.75) is 12.3 Å². The predicted octanol–water partition coefficient (Wildman–Crippen LogP) is 3.99. The maximum atomic E-state index is 13.3. The summed E-state index contributed by atoms with van der Waals surface area (Å²) < 4.78 is 18.8. The van der Waals surface area contributed by atoms with E-state index in [9.17, 15) is 4.39 Å². The Bertz CT molecular complexity index is 632. The fourth-order valence-corrected chi connectivity index (χ4v) is 2.76. The van der Waals surface area contributed by atoms with Gasteiger partial charge in [0.15, 0.2) is 0 Å². The van der Waals surface area contributed by atoms with Crippen LogP contribution in [0.2, 0.25) is 0 Å². The minimum atomic E-state index is -0.217. The maximum Gasteiger partial charge on any atom is 0.123 e. The van der Waals surface area contributed by atoms with Crippen LogP contribution in [0.3, 0.4) is 0 Å². The van der Waals surface area contributed by atoms with E-state index >= 15 is 0 Å². The summed E-state index contributed by atoms with van der Waals surface area (Å²) in [7, 11) is 1.68. The van der Waals surface area contributed by atoms with E-state index in [-0.39, 0.29) is 18.2 Å². The van der Waals surface area contributed by atoms with Gasteiger partial charge < -0.3 is 10.5 Å². The van der Waals surface area contributed by atoms with E-state index in [1.807, 2.05) is 18.2 Å². The van der Waals surface area contributed by atoms with Crippen LogP contribution < -0.4 is 10.5 Å². The highest BCUT2D eigenvalue weighted by Gasteiger charge is 2.38. The molecule has 0 spiro atoms. The molecule has 2 aromatic carbocycles. The Balaban J connectivity index is 0.00000161. The highest BCUT2D eigenvalue weighted by molar-refractivity contribution is 5.85. The summed E-state index contributed by atoms with van der Waals surface area (Å²) in [6.45, 7) is 0.706. The van der Waals surface area contributed by atoms with Gasteiger partial charge in [-0.3, -0.25) is 0 Å².